The zero-order chi connectivity index (χ0) is 15.6. The monoisotopic (exact) mass is 293 g/mol. The van der Waals surface area contributed by atoms with Crippen LogP contribution in [-0.2, 0) is 10.3 Å². The van der Waals surface area contributed by atoms with E-state index in [0.717, 1.165) is 16.7 Å². The van der Waals surface area contributed by atoms with Crippen LogP contribution in [-0.4, -0.2) is 18.9 Å². The molecule has 0 bridgehead atoms. The van der Waals surface area contributed by atoms with Crippen molar-refractivity contribution in [3.63, 3.8) is 0 Å². The van der Waals surface area contributed by atoms with E-state index in [1.807, 2.05) is 37.3 Å². The van der Waals surface area contributed by atoms with Crippen molar-refractivity contribution in [2.24, 2.45) is 4.99 Å². The van der Waals surface area contributed by atoms with Gasteiger partial charge in [-0.3, -0.25) is 15.1 Å². The molecule has 1 heterocycles. The van der Waals surface area contributed by atoms with Crippen LogP contribution in [0.2, 0.25) is 0 Å². The minimum atomic E-state index is -0.456. The Kier molecular flexibility index (Phi) is 3.67. The minimum absolute atomic E-state index is 0.0213. The van der Waals surface area contributed by atoms with Crippen molar-refractivity contribution in [1.82, 2.24) is 10.6 Å². The Bertz CT molecular complexity index is 724. The summed E-state index contributed by atoms with van der Waals surface area (Å²) in [6.07, 6.45) is 0.379. The largest absolute Gasteiger partial charge is 0.346 e. The number of benzene rings is 2. The second-order valence-electron chi connectivity index (χ2n) is 5.70. The predicted octanol–water partition coefficient (Wildman–Crippen LogP) is 2.66. The molecule has 1 atom stereocenters. The summed E-state index contributed by atoms with van der Waals surface area (Å²) in [6.45, 7) is 2.03. The number of hydrogen-bond acceptors (Lipinski definition) is 2. The average Bonchev–Trinajstić information content (AvgIpc) is 2.55. The number of carbonyl (C=O) groups is 1. The fourth-order valence-corrected chi connectivity index (χ4v) is 2.79. The van der Waals surface area contributed by atoms with E-state index in [1.165, 1.54) is 0 Å². The van der Waals surface area contributed by atoms with E-state index in [9.17, 15) is 4.79 Å². The van der Waals surface area contributed by atoms with E-state index in [-0.39, 0.29) is 5.91 Å². The first kappa shape index (κ1) is 14.3. The fraction of sp³-hybridized carbons (Fsp3) is 0.222. The lowest BCUT2D eigenvalue weighted by atomic mass is 9.85. The van der Waals surface area contributed by atoms with Crippen molar-refractivity contribution >= 4 is 11.9 Å². The molecule has 1 aliphatic rings. The maximum atomic E-state index is 11.9. The van der Waals surface area contributed by atoms with Crippen molar-refractivity contribution in [3.8, 4) is 11.1 Å². The summed E-state index contributed by atoms with van der Waals surface area (Å²) in [5.41, 5.74) is 2.92. The topological polar surface area (TPSA) is 53.5 Å². The van der Waals surface area contributed by atoms with Gasteiger partial charge in [0.15, 0.2) is 5.96 Å². The van der Waals surface area contributed by atoms with Gasteiger partial charge in [0, 0.05) is 7.05 Å². The van der Waals surface area contributed by atoms with E-state index >= 15 is 0 Å². The van der Waals surface area contributed by atoms with Crippen LogP contribution < -0.4 is 10.6 Å². The van der Waals surface area contributed by atoms with Gasteiger partial charge in [0.2, 0.25) is 5.91 Å². The molecule has 2 aromatic rings. The maximum absolute atomic E-state index is 11.9. The molecule has 4 nitrogen and oxygen atoms in total. The Morgan fingerprint density at radius 2 is 1.77 bits per heavy atom. The quantitative estimate of drug-likeness (QED) is 0.894. The summed E-state index contributed by atoms with van der Waals surface area (Å²) in [6, 6.07) is 18.5. The molecule has 0 radical (unpaired) electrons. The molecular weight excluding hydrogens is 274 g/mol. The lowest BCUT2D eigenvalue weighted by Crippen LogP contribution is -2.58. The Labute approximate surface area is 130 Å². The van der Waals surface area contributed by atoms with Crippen molar-refractivity contribution in [3.05, 3.63) is 60.2 Å². The third kappa shape index (κ3) is 2.72. The van der Waals surface area contributed by atoms with Gasteiger partial charge in [-0.25, -0.2) is 0 Å². The van der Waals surface area contributed by atoms with Gasteiger partial charge in [-0.05, 0) is 29.7 Å². The van der Waals surface area contributed by atoms with Crippen LogP contribution in [0.5, 0.6) is 0 Å². The van der Waals surface area contributed by atoms with Crippen molar-refractivity contribution in [1.29, 1.82) is 0 Å². The smallest absolute Gasteiger partial charge is 0.229 e. The molecule has 0 spiro atoms. The van der Waals surface area contributed by atoms with E-state index in [2.05, 4.69) is 39.9 Å². The number of amides is 1. The molecule has 3 rings (SSSR count). The van der Waals surface area contributed by atoms with Crippen LogP contribution in [0.25, 0.3) is 11.1 Å². The average molecular weight is 293 g/mol. The summed E-state index contributed by atoms with van der Waals surface area (Å²) in [4.78, 5) is 16.0. The van der Waals surface area contributed by atoms with Gasteiger partial charge in [0.1, 0.15) is 0 Å². The van der Waals surface area contributed by atoms with Crippen LogP contribution in [0.15, 0.2) is 59.6 Å². The molecule has 1 aliphatic heterocycles. The standard InChI is InChI=1S/C18H19N3O/c1-18(12-16(22)20-17(19-2)21-18)15-10-6-9-14(11-15)13-7-4-3-5-8-13/h3-11H,12H2,1-2H3,(H2,19,20,21,22)/t18-/m0/s1. The van der Waals surface area contributed by atoms with Gasteiger partial charge in [0.25, 0.3) is 0 Å². The van der Waals surface area contributed by atoms with Gasteiger partial charge in [-0.1, -0.05) is 48.5 Å². The van der Waals surface area contributed by atoms with E-state index in [4.69, 9.17) is 0 Å². The molecule has 4 heteroatoms. The Morgan fingerprint density at radius 1 is 1.05 bits per heavy atom. The molecule has 112 valence electrons. The highest BCUT2D eigenvalue weighted by Gasteiger charge is 2.35. The van der Waals surface area contributed by atoms with Crippen molar-refractivity contribution in [2.45, 2.75) is 18.9 Å². The van der Waals surface area contributed by atoms with E-state index in [0.29, 0.717) is 12.4 Å². The number of guanidine groups is 1. The van der Waals surface area contributed by atoms with Crippen LogP contribution >= 0.6 is 0 Å². The fourth-order valence-electron chi connectivity index (χ4n) is 2.79. The van der Waals surface area contributed by atoms with Crippen LogP contribution in [0.1, 0.15) is 18.9 Å². The van der Waals surface area contributed by atoms with Gasteiger partial charge in [-0.2, -0.15) is 0 Å². The summed E-state index contributed by atoms with van der Waals surface area (Å²) >= 11 is 0. The second-order valence-corrected chi connectivity index (χ2v) is 5.70. The van der Waals surface area contributed by atoms with Gasteiger partial charge < -0.3 is 5.32 Å². The highest BCUT2D eigenvalue weighted by atomic mass is 16.2. The van der Waals surface area contributed by atoms with Crippen LogP contribution in [0.4, 0.5) is 0 Å². The number of nitrogens with one attached hydrogen (secondary N) is 2. The lowest BCUT2D eigenvalue weighted by Gasteiger charge is -2.36. The molecule has 0 aromatic heterocycles. The summed E-state index contributed by atoms with van der Waals surface area (Å²) < 4.78 is 0. The molecular formula is C18H19N3O. The summed E-state index contributed by atoms with van der Waals surface area (Å²) in [5.74, 6) is 0.496. The highest BCUT2D eigenvalue weighted by Crippen LogP contribution is 2.30. The molecule has 2 N–H and O–H groups in total. The first-order valence-electron chi connectivity index (χ1n) is 7.31. The Morgan fingerprint density at radius 3 is 2.50 bits per heavy atom. The predicted molar refractivity (Wildman–Crippen MR) is 88.5 cm³/mol. The van der Waals surface area contributed by atoms with E-state index < -0.39 is 5.54 Å². The van der Waals surface area contributed by atoms with Crippen molar-refractivity contribution < 1.29 is 4.79 Å². The maximum Gasteiger partial charge on any atom is 0.229 e. The Hall–Kier alpha value is -2.62. The third-order valence-corrected chi connectivity index (χ3v) is 4.00. The Balaban J connectivity index is 1.99. The first-order chi connectivity index (χ1) is 10.6. The SMILES string of the molecule is C/N=C1\NC(=O)C[C@@](C)(c2cccc(-c3ccccc3)c2)N1. The lowest BCUT2D eigenvalue weighted by molar-refractivity contribution is -0.121. The molecule has 22 heavy (non-hydrogen) atoms. The molecule has 0 saturated carbocycles. The third-order valence-electron chi connectivity index (χ3n) is 4.00. The van der Waals surface area contributed by atoms with Crippen LogP contribution in [0, 0.1) is 0 Å². The summed E-state index contributed by atoms with van der Waals surface area (Å²) in [7, 11) is 1.66. The molecule has 2 aromatic carbocycles. The van der Waals surface area contributed by atoms with Crippen molar-refractivity contribution in [2.75, 3.05) is 7.05 Å². The molecule has 1 fully saturated rings. The van der Waals surface area contributed by atoms with Gasteiger partial charge in [-0.15, -0.1) is 0 Å². The highest BCUT2D eigenvalue weighted by molar-refractivity contribution is 6.00. The van der Waals surface area contributed by atoms with Crippen LogP contribution in [0.3, 0.4) is 0 Å². The minimum Gasteiger partial charge on any atom is -0.346 e. The number of aliphatic imine (C=N–C) groups is 1. The van der Waals surface area contributed by atoms with Gasteiger partial charge in [0.05, 0.1) is 12.0 Å². The second kappa shape index (κ2) is 5.64. The number of nitrogens with zero attached hydrogens (tertiary/aromatic N) is 1. The normalized spacial score (nSPS) is 23.0. The zero-order valence-corrected chi connectivity index (χ0v) is 12.8. The van der Waals surface area contributed by atoms with Gasteiger partial charge >= 0.3 is 0 Å². The zero-order valence-electron chi connectivity index (χ0n) is 12.8. The first-order valence-corrected chi connectivity index (χ1v) is 7.31. The molecule has 0 aliphatic carbocycles. The number of carbonyl (C=O) groups excluding carboxylic acids is 1. The van der Waals surface area contributed by atoms with E-state index in [1.54, 1.807) is 7.05 Å². The molecule has 1 saturated heterocycles. The number of hydrogen-bond donors (Lipinski definition) is 2. The molecule has 1 amide bonds. The molecule has 0 unspecified atom stereocenters. The number of rotatable bonds is 2. The summed E-state index contributed by atoms with van der Waals surface area (Å²) in [5, 5.41) is 6.06.